The standard InChI is InChI=1S/C17H11ClFNO2/c1-9-6-11(18)7-13-14(17(21)22)8-15(20-16(9)13)10-2-4-12(19)5-3-10/h2-8H,1H3,(H,21,22). The van der Waals surface area contributed by atoms with Crippen LogP contribution in [0.2, 0.25) is 5.02 Å². The van der Waals surface area contributed by atoms with E-state index in [1.54, 1.807) is 24.3 Å². The van der Waals surface area contributed by atoms with E-state index >= 15 is 0 Å². The maximum atomic E-state index is 13.0. The van der Waals surface area contributed by atoms with Crippen LogP contribution < -0.4 is 0 Å². The lowest BCUT2D eigenvalue weighted by Gasteiger charge is -2.10. The first-order chi connectivity index (χ1) is 10.5. The lowest BCUT2D eigenvalue weighted by molar-refractivity contribution is 0.0699. The van der Waals surface area contributed by atoms with Crippen molar-refractivity contribution in [3.8, 4) is 11.3 Å². The normalized spacial score (nSPS) is 10.9. The highest BCUT2D eigenvalue weighted by molar-refractivity contribution is 6.31. The average Bonchev–Trinajstić information content (AvgIpc) is 2.47. The van der Waals surface area contributed by atoms with E-state index in [2.05, 4.69) is 4.98 Å². The summed E-state index contributed by atoms with van der Waals surface area (Å²) >= 11 is 6.01. The predicted molar refractivity (Wildman–Crippen MR) is 83.8 cm³/mol. The molecule has 22 heavy (non-hydrogen) atoms. The fourth-order valence-electron chi connectivity index (χ4n) is 2.40. The van der Waals surface area contributed by atoms with Gasteiger partial charge in [-0.25, -0.2) is 14.2 Å². The van der Waals surface area contributed by atoms with E-state index in [0.29, 0.717) is 27.2 Å². The van der Waals surface area contributed by atoms with Crippen LogP contribution in [-0.2, 0) is 0 Å². The van der Waals surface area contributed by atoms with Crippen LogP contribution in [0.25, 0.3) is 22.2 Å². The molecule has 1 heterocycles. The van der Waals surface area contributed by atoms with Crippen molar-refractivity contribution in [2.24, 2.45) is 0 Å². The summed E-state index contributed by atoms with van der Waals surface area (Å²) in [6.07, 6.45) is 0. The molecule has 0 unspecified atom stereocenters. The van der Waals surface area contributed by atoms with E-state index in [9.17, 15) is 14.3 Å². The van der Waals surface area contributed by atoms with Gasteiger partial charge in [-0.3, -0.25) is 0 Å². The highest BCUT2D eigenvalue weighted by Crippen LogP contribution is 2.29. The molecule has 0 aliphatic rings. The first-order valence-corrected chi connectivity index (χ1v) is 6.93. The molecule has 2 aromatic carbocycles. The van der Waals surface area contributed by atoms with Gasteiger partial charge in [-0.05, 0) is 55.0 Å². The van der Waals surface area contributed by atoms with Crippen molar-refractivity contribution in [3.05, 3.63) is 64.4 Å². The van der Waals surface area contributed by atoms with Gasteiger partial charge in [0.05, 0.1) is 16.8 Å². The smallest absolute Gasteiger partial charge is 0.336 e. The molecule has 1 aromatic heterocycles. The molecule has 3 nitrogen and oxygen atoms in total. The highest BCUT2D eigenvalue weighted by Gasteiger charge is 2.15. The molecule has 0 fully saturated rings. The Bertz CT molecular complexity index is 891. The number of hydrogen-bond donors (Lipinski definition) is 1. The van der Waals surface area contributed by atoms with Crippen LogP contribution >= 0.6 is 11.6 Å². The molecule has 3 aromatic rings. The Kier molecular flexibility index (Phi) is 3.54. The zero-order chi connectivity index (χ0) is 15.9. The minimum absolute atomic E-state index is 0.120. The number of aromatic nitrogens is 1. The molecule has 0 atom stereocenters. The first-order valence-electron chi connectivity index (χ1n) is 6.56. The molecule has 0 saturated heterocycles. The lowest BCUT2D eigenvalue weighted by Crippen LogP contribution is -2.01. The number of halogens is 2. The maximum absolute atomic E-state index is 13.0. The molecular weight excluding hydrogens is 305 g/mol. The maximum Gasteiger partial charge on any atom is 0.336 e. The topological polar surface area (TPSA) is 50.2 Å². The molecule has 0 spiro atoms. The van der Waals surface area contributed by atoms with Crippen molar-refractivity contribution in [2.45, 2.75) is 6.92 Å². The first kappa shape index (κ1) is 14.5. The number of aryl methyl sites for hydroxylation is 1. The van der Waals surface area contributed by atoms with Crippen LogP contribution in [-0.4, -0.2) is 16.1 Å². The number of carboxylic acids is 1. The molecule has 3 rings (SSSR count). The van der Waals surface area contributed by atoms with Gasteiger partial charge < -0.3 is 5.11 Å². The monoisotopic (exact) mass is 315 g/mol. The second-order valence-corrected chi connectivity index (χ2v) is 5.42. The summed E-state index contributed by atoms with van der Waals surface area (Å²) in [4.78, 5) is 16.1. The Balaban J connectivity index is 2.34. The van der Waals surface area contributed by atoms with Gasteiger partial charge in [0, 0.05) is 16.0 Å². The number of carboxylic acid groups (broad SMARTS) is 1. The zero-order valence-corrected chi connectivity index (χ0v) is 12.4. The fourth-order valence-corrected chi connectivity index (χ4v) is 2.67. The van der Waals surface area contributed by atoms with Crippen molar-refractivity contribution in [2.75, 3.05) is 0 Å². The van der Waals surface area contributed by atoms with Crippen molar-refractivity contribution in [1.29, 1.82) is 0 Å². The number of aromatic carboxylic acids is 1. The zero-order valence-electron chi connectivity index (χ0n) is 11.6. The van der Waals surface area contributed by atoms with Gasteiger partial charge in [0.1, 0.15) is 5.82 Å². The molecule has 0 radical (unpaired) electrons. The molecule has 0 aliphatic carbocycles. The van der Waals surface area contributed by atoms with Crippen LogP contribution in [0, 0.1) is 12.7 Å². The van der Waals surface area contributed by atoms with Crippen molar-refractivity contribution in [1.82, 2.24) is 4.98 Å². The quantitative estimate of drug-likeness (QED) is 0.745. The molecule has 110 valence electrons. The number of rotatable bonds is 2. The van der Waals surface area contributed by atoms with Crippen molar-refractivity contribution >= 4 is 28.5 Å². The molecule has 0 saturated carbocycles. The number of fused-ring (bicyclic) bond motifs is 1. The Morgan fingerprint density at radius 1 is 1.18 bits per heavy atom. The third-order valence-electron chi connectivity index (χ3n) is 3.44. The SMILES string of the molecule is Cc1cc(Cl)cc2c(C(=O)O)cc(-c3ccc(F)cc3)nc12. The van der Waals surface area contributed by atoms with E-state index in [0.717, 1.165) is 5.56 Å². The highest BCUT2D eigenvalue weighted by atomic mass is 35.5. The largest absolute Gasteiger partial charge is 0.478 e. The van der Waals surface area contributed by atoms with Crippen LogP contribution in [0.15, 0.2) is 42.5 Å². The summed E-state index contributed by atoms with van der Waals surface area (Å²) in [6, 6.07) is 10.6. The minimum atomic E-state index is -1.06. The van der Waals surface area contributed by atoms with Gasteiger partial charge >= 0.3 is 5.97 Å². The van der Waals surface area contributed by atoms with E-state index in [1.807, 2.05) is 6.92 Å². The lowest BCUT2D eigenvalue weighted by atomic mass is 10.0. The van der Waals surface area contributed by atoms with Crippen LogP contribution in [0.5, 0.6) is 0 Å². The van der Waals surface area contributed by atoms with E-state index in [1.165, 1.54) is 18.2 Å². The second kappa shape index (κ2) is 5.39. The number of carbonyl (C=O) groups is 1. The summed E-state index contributed by atoms with van der Waals surface area (Å²) in [6.45, 7) is 1.82. The summed E-state index contributed by atoms with van der Waals surface area (Å²) in [5.41, 5.74) is 2.61. The van der Waals surface area contributed by atoms with E-state index < -0.39 is 5.97 Å². The van der Waals surface area contributed by atoms with E-state index in [-0.39, 0.29) is 11.4 Å². The predicted octanol–water partition coefficient (Wildman–Crippen LogP) is 4.70. The molecule has 0 amide bonds. The third-order valence-corrected chi connectivity index (χ3v) is 3.66. The fraction of sp³-hybridized carbons (Fsp3) is 0.0588. The Labute approximate surface area is 131 Å². The number of benzene rings is 2. The third kappa shape index (κ3) is 2.53. The Morgan fingerprint density at radius 2 is 1.86 bits per heavy atom. The molecule has 0 aliphatic heterocycles. The molecule has 1 N–H and O–H groups in total. The summed E-state index contributed by atoms with van der Waals surface area (Å²) in [5, 5.41) is 10.4. The van der Waals surface area contributed by atoms with Crippen molar-refractivity contribution in [3.63, 3.8) is 0 Å². The second-order valence-electron chi connectivity index (χ2n) is 4.99. The van der Waals surface area contributed by atoms with Gasteiger partial charge in [-0.15, -0.1) is 0 Å². The van der Waals surface area contributed by atoms with Gasteiger partial charge in [0.2, 0.25) is 0 Å². The van der Waals surface area contributed by atoms with Gasteiger partial charge in [0.15, 0.2) is 0 Å². The van der Waals surface area contributed by atoms with Crippen LogP contribution in [0.1, 0.15) is 15.9 Å². The number of nitrogens with zero attached hydrogens (tertiary/aromatic N) is 1. The molecule has 0 bridgehead atoms. The van der Waals surface area contributed by atoms with Crippen LogP contribution in [0.4, 0.5) is 4.39 Å². The minimum Gasteiger partial charge on any atom is -0.478 e. The number of hydrogen-bond acceptors (Lipinski definition) is 2. The van der Waals surface area contributed by atoms with Crippen LogP contribution in [0.3, 0.4) is 0 Å². The molecular formula is C17H11ClFNO2. The average molecular weight is 316 g/mol. The summed E-state index contributed by atoms with van der Waals surface area (Å²) in [7, 11) is 0. The number of pyridine rings is 1. The Morgan fingerprint density at radius 3 is 2.50 bits per heavy atom. The van der Waals surface area contributed by atoms with Gasteiger partial charge in [0.25, 0.3) is 0 Å². The summed E-state index contributed by atoms with van der Waals surface area (Å²) < 4.78 is 13.0. The van der Waals surface area contributed by atoms with Gasteiger partial charge in [-0.1, -0.05) is 11.6 Å². The summed E-state index contributed by atoms with van der Waals surface area (Å²) in [5.74, 6) is -1.41. The Hall–Kier alpha value is -2.46. The molecule has 5 heteroatoms. The van der Waals surface area contributed by atoms with E-state index in [4.69, 9.17) is 11.6 Å². The van der Waals surface area contributed by atoms with Gasteiger partial charge in [-0.2, -0.15) is 0 Å². The van der Waals surface area contributed by atoms with Crippen molar-refractivity contribution < 1.29 is 14.3 Å².